The van der Waals surface area contributed by atoms with Gasteiger partial charge in [-0.1, -0.05) is 121 Å². The number of nitrogens with zero attached hydrogens (tertiary/aromatic N) is 3. The van der Waals surface area contributed by atoms with Crippen LogP contribution in [0.4, 0.5) is 0 Å². The standard InChI is InChI=1S/C50H31N3S/c1-2-14-34(15-3-1)53-43-22-10-5-16-35(43)40-30-32(26-28-44(40)53)49-39-20-4-9-21-42(39)51-50(52-49)33-27-29-48-41(31-33)38-19-8-13-25-47(38)54(48)45-23-11-6-17-36(45)37-18-7-12-24-46(37)54/h1-31H. The number of rotatable bonds is 3. The van der Waals surface area contributed by atoms with Crippen molar-refractivity contribution < 1.29 is 0 Å². The average molecular weight is 706 g/mol. The molecule has 0 bridgehead atoms. The van der Waals surface area contributed by atoms with E-state index >= 15 is 0 Å². The summed E-state index contributed by atoms with van der Waals surface area (Å²) in [5.41, 5.74) is 12.8. The van der Waals surface area contributed by atoms with E-state index < -0.39 is 10.0 Å². The third-order valence-corrected chi connectivity index (χ3v) is 15.4. The molecule has 1 spiro atoms. The Hall–Kier alpha value is -6.75. The van der Waals surface area contributed by atoms with E-state index in [0.717, 1.165) is 39.2 Å². The van der Waals surface area contributed by atoms with Gasteiger partial charge in [-0.25, -0.2) is 9.97 Å². The smallest absolute Gasteiger partial charge is 0.160 e. The maximum absolute atomic E-state index is 5.42. The number of fused-ring (bicyclic) bond motifs is 14. The van der Waals surface area contributed by atoms with Gasteiger partial charge in [0, 0.05) is 52.6 Å². The lowest BCUT2D eigenvalue weighted by molar-refractivity contribution is 1.18. The number of aromatic nitrogens is 3. The van der Waals surface area contributed by atoms with Gasteiger partial charge in [0.1, 0.15) is 0 Å². The molecule has 0 N–H and O–H groups in total. The molecule has 0 fully saturated rings. The first kappa shape index (κ1) is 29.8. The molecule has 2 aliphatic heterocycles. The fraction of sp³-hybridized carbons (Fsp3) is 0. The van der Waals surface area contributed by atoms with Gasteiger partial charge in [0.05, 0.1) is 22.2 Å². The van der Waals surface area contributed by atoms with Crippen molar-refractivity contribution in [2.45, 2.75) is 19.6 Å². The minimum Gasteiger partial charge on any atom is -0.309 e. The quantitative estimate of drug-likeness (QED) is 0.183. The molecule has 2 aromatic heterocycles. The summed E-state index contributed by atoms with van der Waals surface area (Å²) < 4.78 is 2.36. The maximum atomic E-state index is 5.42. The predicted molar refractivity (Wildman–Crippen MR) is 223 cm³/mol. The molecule has 54 heavy (non-hydrogen) atoms. The Morgan fingerprint density at radius 2 is 0.926 bits per heavy atom. The lowest BCUT2D eigenvalue weighted by Gasteiger charge is -2.36. The third kappa shape index (κ3) is 3.92. The van der Waals surface area contributed by atoms with E-state index in [1.165, 1.54) is 63.6 Å². The first-order valence-electron chi connectivity index (χ1n) is 18.4. The van der Waals surface area contributed by atoms with Crippen LogP contribution in [0.5, 0.6) is 0 Å². The fourth-order valence-corrected chi connectivity index (χ4v) is 13.7. The molecule has 0 unspecified atom stereocenters. The van der Waals surface area contributed by atoms with E-state index in [2.05, 4.69) is 193 Å². The van der Waals surface area contributed by atoms with E-state index in [1.807, 2.05) is 0 Å². The molecule has 252 valence electrons. The fourth-order valence-electron chi connectivity index (χ4n) is 9.13. The Morgan fingerprint density at radius 1 is 0.370 bits per heavy atom. The summed E-state index contributed by atoms with van der Waals surface area (Å²) in [5.74, 6) is 0.735. The molecular weight excluding hydrogens is 675 g/mol. The Morgan fingerprint density at radius 3 is 1.67 bits per heavy atom. The number of hydrogen-bond acceptors (Lipinski definition) is 2. The predicted octanol–water partition coefficient (Wildman–Crippen LogP) is 13.4. The summed E-state index contributed by atoms with van der Waals surface area (Å²) in [6, 6.07) is 68.6. The van der Waals surface area contributed by atoms with Crippen LogP contribution in [-0.2, 0) is 0 Å². The summed E-state index contributed by atoms with van der Waals surface area (Å²) in [4.78, 5) is 16.3. The van der Waals surface area contributed by atoms with E-state index in [1.54, 1.807) is 0 Å². The topological polar surface area (TPSA) is 30.7 Å². The zero-order valence-corrected chi connectivity index (χ0v) is 30.0. The maximum Gasteiger partial charge on any atom is 0.160 e. The number of benzene rings is 8. The second-order valence-corrected chi connectivity index (χ2v) is 17.1. The second kappa shape index (κ2) is 11.1. The molecule has 4 heterocycles. The minimum absolute atomic E-state index is 0.735. The molecule has 0 amide bonds. The molecule has 0 atom stereocenters. The van der Waals surface area contributed by atoms with Crippen LogP contribution in [0.3, 0.4) is 0 Å². The van der Waals surface area contributed by atoms with Gasteiger partial charge < -0.3 is 4.57 Å². The minimum atomic E-state index is -1.65. The van der Waals surface area contributed by atoms with Crippen molar-refractivity contribution in [1.29, 1.82) is 0 Å². The zero-order chi connectivity index (χ0) is 35.4. The summed E-state index contributed by atoms with van der Waals surface area (Å²) in [6.45, 7) is 0. The molecule has 2 aliphatic rings. The molecule has 0 radical (unpaired) electrons. The van der Waals surface area contributed by atoms with Crippen molar-refractivity contribution in [3.63, 3.8) is 0 Å². The van der Waals surface area contributed by atoms with Crippen LogP contribution in [0.2, 0.25) is 0 Å². The average Bonchev–Trinajstić information content (AvgIpc) is 3.85. The van der Waals surface area contributed by atoms with E-state index in [-0.39, 0.29) is 0 Å². The highest BCUT2D eigenvalue weighted by Crippen LogP contribution is 2.84. The van der Waals surface area contributed by atoms with Crippen LogP contribution in [-0.4, -0.2) is 14.5 Å². The van der Waals surface area contributed by atoms with Crippen molar-refractivity contribution in [3.05, 3.63) is 188 Å². The molecular formula is C50H31N3S. The Balaban J connectivity index is 1.07. The van der Waals surface area contributed by atoms with E-state index in [0.29, 0.717) is 0 Å². The third-order valence-electron chi connectivity index (χ3n) is 11.4. The zero-order valence-electron chi connectivity index (χ0n) is 29.1. The highest BCUT2D eigenvalue weighted by Gasteiger charge is 2.47. The molecule has 3 nitrogen and oxygen atoms in total. The van der Waals surface area contributed by atoms with Gasteiger partial charge in [0.2, 0.25) is 0 Å². The van der Waals surface area contributed by atoms with E-state index in [9.17, 15) is 0 Å². The van der Waals surface area contributed by atoms with Gasteiger partial charge in [-0.15, -0.1) is 10.0 Å². The first-order valence-corrected chi connectivity index (χ1v) is 20.0. The van der Waals surface area contributed by atoms with Crippen molar-refractivity contribution >= 4 is 42.7 Å². The summed E-state index contributed by atoms with van der Waals surface area (Å²) in [7, 11) is -1.65. The highest BCUT2D eigenvalue weighted by molar-refractivity contribution is 8.34. The van der Waals surface area contributed by atoms with Gasteiger partial charge in [0.15, 0.2) is 5.82 Å². The van der Waals surface area contributed by atoms with Gasteiger partial charge in [-0.05, 0) is 89.0 Å². The van der Waals surface area contributed by atoms with E-state index in [4.69, 9.17) is 9.97 Å². The van der Waals surface area contributed by atoms with Gasteiger partial charge in [-0.2, -0.15) is 0 Å². The molecule has 0 aliphatic carbocycles. The van der Waals surface area contributed by atoms with Gasteiger partial charge in [-0.3, -0.25) is 0 Å². The normalized spacial score (nSPS) is 13.9. The van der Waals surface area contributed by atoms with Crippen molar-refractivity contribution in [2.24, 2.45) is 0 Å². The Labute approximate surface area is 314 Å². The Kier molecular flexibility index (Phi) is 6.14. The SMILES string of the molecule is c1ccc(-n2c3ccccc3c3cc(-c4nc(-c5ccc6c(c5)-c5ccccc5S65c6ccccc6-c6ccccc65)nc5ccccc45)ccc32)cc1. The summed E-state index contributed by atoms with van der Waals surface area (Å²) >= 11 is 0. The number of para-hydroxylation sites is 3. The molecule has 4 heteroatoms. The van der Waals surface area contributed by atoms with Crippen LogP contribution in [0.15, 0.2) is 208 Å². The van der Waals surface area contributed by atoms with Gasteiger partial charge in [0.25, 0.3) is 0 Å². The van der Waals surface area contributed by atoms with Crippen molar-refractivity contribution in [1.82, 2.24) is 14.5 Å². The molecule has 0 saturated heterocycles. The van der Waals surface area contributed by atoms with Gasteiger partial charge >= 0.3 is 0 Å². The lowest BCUT2D eigenvalue weighted by atomic mass is 10.0. The van der Waals surface area contributed by atoms with Crippen LogP contribution in [0.25, 0.3) is 83.3 Å². The van der Waals surface area contributed by atoms with Crippen LogP contribution < -0.4 is 0 Å². The summed E-state index contributed by atoms with van der Waals surface area (Å²) in [5, 5.41) is 3.47. The van der Waals surface area contributed by atoms with Crippen LogP contribution in [0.1, 0.15) is 0 Å². The molecule has 10 aromatic rings. The molecule has 8 aromatic carbocycles. The van der Waals surface area contributed by atoms with Crippen molar-refractivity contribution in [3.8, 4) is 50.6 Å². The monoisotopic (exact) mass is 705 g/mol. The van der Waals surface area contributed by atoms with Crippen molar-refractivity contribution in [2.75, 3.05) is 0 Å². The Bertz CT molecular complexity index is 3130. The van der Waals surface area contributed by atoms with Crippen LogP contribution in [0, 0.1) is 0 Å². The molecule has 12 rings (SSSR count). The number of hydrogen-bond donors (Lipinski definition) is 0. The largest absolute Gasteiger partial charge is 0.309 e. The first-order chi connectivity index (χ1) is 26.8. The lowest BCUT2D eigenvalue weighted by Crippen LogP contribution is -1.98. The highest BCUT2D eigenvalue weighted by atomic mass is 32.3. The van der Waals surface area contributed by atoms with Crippen LogP contribution >= 0.6 is 10.0 Å². The summed E-state index contributed by atoms with van der Waals surface area (Å²) in [6.07, 6.45) is 0. The molecule has 0 saturated carbocycles. The second-order valence-electron chi connectivity index (χ2n) is 14.1.